The Labute approximate surface area is 214 Å². The minimum atomic E-state index is -4.44. The summed E-state index contributed by atoms with van der Waals surface area (Å²) in [6.07, 6.45) is -1.46. The molecule has 13 heteroatoms. The molecule has 1 aromatic rings. The Hall–Kier alpha value is -2.69. The maximum absolute atomic E-state index is 13.5. The maximum atomic E-state index is 13.5. The summed E-state index contributed by atoms with van der Waals surface area (Å²) < 4.78 is 66.7. The van der Waals surface area contributed by atoms with Crippen LogP contribution in [0.4, 0.5) is 13.2 Å². The molecular formula is C24H30F3N5O4S. The van der Waals surface area contributed by atoms with E-state index in [2.05, 4.69) is 11.4 Å². The Morgan fingerprint density at radius 1 is 1.00 bits per heavy atom. The minimum Gasteiger partial charge on any atom is -0.350 e. The second kappa shape index (κ2) is 11.0. The molecule has 3 aliphatic rings. The average Bonchev–Trinajstić information content (AvgIpc) is 2.86. The van der Waals surface area contributed by atoms with Crippen LogP contribution in [0.5, 0.6) is 0 Å². The van der Waals surface area contributed by atoms with E-state index in [1.165, 1.54) is 25.6 Å². The highest BCUT2D eigenvalue weighted by molar-refractivity contribution is 7.86. The second-order valence-corrected chi connectivity index (χ2v) is 11.7. The number of hydrogen-bond donors (Lipinski definition) is 1. The van der Waals surface area contributed by atoms with E-state index in [1.54, 1.807) is 0 Å². The van der Waals surface area contributed by atoms with E-state index in [-0.39, 0.29) is 43.9 Å². The molecular weight excluding hydrogens is 511 g/mol. The van der Waals surface area contributed by atoms with Crippen LogP contribution in [0.15, 0.2) is 24.3 Å². The Kier molecular flexibility index (Phi) is 8.11. The third-order valence-corrected chi connectivity index (χ3v) is 9.19. The van der Waals surface area contributed by atoms with Gasteiger partial charge in [0.15, 0.2) is 0 Å². The van der Waals surface area contributed by atoms with Gasteiger partial charge in [-0.2, -0.15) is 35.5 Å². The van der Waals surface area contributed by atoms with Gasteiger partial charge in [0.25, 0.3) is 10.2 Å². The number of rotatable bonds is 6. The summed E-state index contributed by atoms with van der Waals surface area (Å²) in [6.45, 7) is 1.06. The van der Waals surface area contributed by atoms with Crippen molar-refractivity contribution in [2.75, 3.05) is 32.7 Å². The van der Waals surface area contributed by atoms with Crippen molar-refractivity contribution in [2.45, 2.75) is 50.9 Å². The number of nitrogens with one attached hydrogen (secondary N) is 1. The van der Waals surface area contributed by atoms with E-state index in [9.17, 15) is 31.2 Å². The van der Waals surface area contributed by atoms with E-state index >= 15 is 0 Å². The Morgan fingerprint density at radius 3 is 2.35 bits per heavy atom. The number of halogens is 3. The molecule has 4 rings (SSSR count). The van der Waals surface area contributed by atoms with Gasteiger partial charge in [0.1, 0.15) is 6.04 Å². The van der Waals surface area contributed by atoms with Crippen LogP contribution in [0.3, 0.4) is 0 Å². The maximum Gasteiger partial charge on any atom is 0.416 e. The summed E-state index contributed by atoms with van der Waals surface area (Å²) in [5, 5.41) is 11.7. The number of likely N-dealkylation sites (tertiary alicyclic amines) is 1. The topological polar surface area (TPSA) is 114 Å². The third kappa shape index (κ3) is 6.08. The first-order chi connectivity index (χ1) is 17.5. The summed E-state index contributed by atoms with van der Waals surface area (Å²) in [4.78, 5) is 28.0. The highest BCUT2D eigenvalue weighted by atomic mass is 32.2. The number of piperidine rings is 2. The molecule has 1 aromatic carbocycles. The first kappa shape index (κ1) is 27.3. The molecule has 0 aromatic heterocycles. The molecule has 2 atom stereocenters. The number of nitriles is 1. The van der Waals surface area contributed by atoms with Gasteiger partial charge in [0, 0.05) is 39.3 Å². The number of alkyl halides is 3. The molecule has 0 aliphatic carbocycles. The van der Waals surface area contributed by atoms with Gasteiger partial charge in [0.05, 0.1) is 23.5 Å². The fraction of sp³-hybridized carbons (Fsp3) is 0.625. The van der Waals surface area contributed by atoms with Crippen LogP contribution in [-0.4, -0.2) is 72.5 Å². The number of hydrogen-bond acceptors (Lipinski definition) is 5. The molecule has 1 N–H and O–H groups in total. The lowest BCUT2D eigenvalue weighted by Crippen LogP contribution is -2.58. The Balaban J connectivity index is 1.37. The fourth-order valence-electron chi connectivity index (χ4n) is 5.05. The van der Waals surface area contributed by atoms with Crippen molar-refractivity contribution in [3.05, 3.63) is 35.4 Å². The second-order valence-electron chi connectivity index (χ2n) is 9.80. The van der Waals surface area contributed by atoms with Gasteiger partial charge in [-0.25, -0.2) is 0 Å². The van der Waals surface area contributed by atoms with Crippen LogP contribution in [0.25, 0.3) is 0 Å². The minimum absolute atomic E-state index is 0.0322. The molecule has 202 valence electrons. The molecule has 0 saturated carbocycles. The van der Waals surface area contributed by atoms with Gasteiger partial charge in [-0.15, -0.1) is 0 Å². The lowest BCUT2D eigenvalue weighted by Gasteiger charge is -2.42. The van der Waals surface area contributed by atoms with E-state index in [1.807, 2.05) is 0 Å². The van der Waals surface area contributed by atoms with Gasteiger partial charge in [-0.1, -0.05) is 12.1 Å². The predicted octanol–water partition coefficient (Wildman–Crippen LogP) is 2.11. The van der Waals surface area contributed by atoms with E-state index < -0.39 is 33.9 Å². The predicted molar refractivity (Wildman–Crippen MR) is 127 cm³/mol. The van der Waals surface area contributed by atoms with Crippen molar-refractivity contribution >= 4 is 22.0 Å². The van der Waals surface area contributed by atoms with Gasteiger partial charge in [-0.3, -0.25) is 9.59 Å². The van der Waals surface area contributed by atoms with Crippen molar-refractivity contribution in [3.63, 3.8) is 0 Å². The highest BCUT2D eigenvalue weighted by Crippen LogP contribution is 2.30. The van der Waals surface area contributed by atoms with Gasteiger partial charge in [0.2, 0.25) is 11.8 Å². The van der Waals surface area contributed by atoms with E-state index in [4.69, 9.17) is 5.26 Å². The van der Waals surface area contributed by atoms with Gasteiger partial charge >= 0.3 is 6.18 Å². The molecule has 3 saturated heterocycles. The molecule has 37 heavy (non-hydrogen) atoms. The Morgan fingerprint density at radius 2 is 1.70 bits per heavy atom. The molecule has 0 unspecified atom stereocenters. The quantitative estimate of drug-likeness (QED) is 0.593. The zero-order valence-corrected chi connectivity index (χ0v) is 21.1. The zero-order valence-electron chi connectivity index (χ0n) is 20.3. The van der Waals surface area contributed by atoms with Crippen LogP contribution in [0.1, 0.15) is 43.2 Å². The number of amides is 2. The van der Waals surface area contributed by atoms with Crippen LogP contribution >= 0.6 is 0 Å². The molecule has 0 bridgehead atoms. The number of carbonyl (C=O) groups excluding carboxylic acids is 2. The smallest absolute Gasteiger partial charge is 0.350 e. The molecule has 3 fully saturated rings. The zero-order chi connectivity index (χ0) is 26.8. The number of nitrogens with zero attached hydrogens (tertiary/aromatic N) is 4. The lowest BCUT2D eigenvalue weighted by molar-refractivity contribution is -0.146. The number of carbonyl (C=O) groups is 2. The summed E-state index contributed by atoms with van der Waals surface area (Å²) in [5.41, 5.74) is -0.262. The largest absolute Gasteiger partial charge is 0.416 e. The van der Waals surface area contributed by atoms with Crippen molar-refractivity contribution in [1.29, 1.82) is 5.26 Å². The normalized spacial score (nSPS) is 24.2. The van der Waals surface area contributed by atoms with Crippen molar-refractivity contribution in [1.82, 2.24) is 18.8 Å². The summed E-state index contributed by atoms with van der Waals surface area (Å²) in [5.74, 6) is -1.52. The van der Waals surface area contributed by atoms with Crippen molar-refractivity contribution in [2.24, 2.45) is 11.8 Å². The lowest BCUT2D eigenvalue weighted by atomic mass is 9.94. The summed E-state index contributed by atoms with van der Waals surface area (Å²) >= 11 is 0. The number of benzene rings is 1. The van der Waals surface area contributed by atoms with Gasteiger partial charge < -0.3 is 10.2 Å². The van der Waals surface area contributed by atoms with Crippen molar-refractivity contribution < 1.29 is 31.2 Å². The fourth-order valence-corrected chi connectivity index (χ4v) is 6.84. The third-order valence-electron chi connectivity index (χ3n) is 7.25. The standard InChI is InChI=1S/C24H30F3N5O4S/c25-24(26,27)20-8-6-17(7-9-20)13-29-22(33)21-5-1-2-11-32(21)23(34)19-4-3-10-30(16-19)37(35,36)31-14-18(12-28)15-31/h6-9,18-19,21H,1-5,10-11,13-16H2,(H,29,33)/t19-,21+/m0/s1. The monoisotopic (exact) mass is 541 g/mol. The van der Waals surface area contributed by atoms with Crippen LogP contribution in [0.2, 0.25) is 0 Å². The molecule has 3 aliphatic heterocycles. The highest BCUT2D eigenvalue weighted by Gasteiger charge is 2.43. The van der Waals surface area contributed by atoms with Crippen LogP contribution < -0.4 is 5.32 Å². The molecule has 0 spiro atoms. The van der Waals surface area contributed by atoms with Crippen LogP contribution in [0, 0.1) is 23.2 Å². The average molecular weight is 542 g/mol. The Bertz CT molecular complexity index is 1150. The molecule has 2 amide bonds. The summed E-state index contributed by atoms with van der Waals surface area (Å²) in [7, 11) is -3.75. The molecule has 9 nitrogen and oxygen atoms in total. The van der Waals surface area contributed by atoms with Gasteiger partial charge in [-0.05, 0) is 49.8 Å². The SMILES string of the molecule is N#CC1CN(S(=O)(=O)N2CCC[C@H](C(=O)N3CCCC[C@@H]3C(=O)NCc3ccc(C(F)(F)F)cc3)C2)C1. The molecule has 0 radical (unpaired) electrons. The van der Waals surface area contributed by atoms with Crippen molar-refractivity contribution in [3.8, 4) is 6.07 Å². The van der Waals surface area contributed by atoms with Crippen LogP contribution in [-0.2, 0) is 32.5 Å². The van der Waals surface area contributed by atoms with E-state index in [0.29, 0.717) is 37.9 Å². The van der Waals surface area contributed by atoms with E-state index in [0.717, 1.165) is 25.0 Å². The first-order valence-corrected chi connectivity index (χ1v) is 13.8. The summed E-state index contributed by atoms with van der Waals surface area (Å²) in [6, 6.07) is 5.87. The molecule has 3 heterocycles. The first-order valence-electron chi connectivity index (χ1n) is 12.4.